The molecule has 0 spiro atoms. The smallest absolute Gasteiger partial charge is 0.382 e. The van der Waals surface area contributed by atoms with E-state index in [0.717, 1.165) is 6.07 Å². The molecule has 0 aliphatic rings. The SMILES string of the molecule is O=C(O)C#Cc1c(O)cccc1F. The summed E-state index contributed by atoms with van der Waals surface area (Å²) in [4.78, 5) is 10.0. The maximum atomic E-state index is 12.8. The number of carbonyl (C=O) groups is 1. The van der Waals surface area contributed by atoms with Crippen LogP contribution in [0.1, 0.15) is 5.56 Å². The lowest BCUT2D eigenvalue weighted by atomic mass is 10.2. The fourth-order valence-electron chi connectivity index (χ4n) is 0.752. The number of aromatic hydroxyl groups is 1. The molecule has 0 bridgehead atoms. The van der Waals surface area contributed by atoms with Crippen molar-refractivity contribution in [3.05, 3.63) is 29.6 Å². The molecule has 0 saturated carbocycles. The molecule has 0 atom stereocenters. The molecule has 0 heterocycles. The van der Waals surface area contributed by atoms with Crippen LogP contribution in [0.15, 0.2) is 18.2 Å². The zero-order valence-corrected chi connectivity index (χ0v) is 6.41. The van der Waals surface area contributed by atoms with Crippen LogP contribution < -0.4 is 0 Å². The van der Waals surface area contributed by atoms with Crippen molar-refractivity contribution in [1.82, 2.24) is 0 Å². The summed E-state index contributed by atoms with van der Waals surface area (Å²) in [5.41, 5.74) is -0.301. The van der Waals surface area contributed by atoms with Crippen LogP contribution >= 0.6 is 0 Å². The van der Waals surface area contributed by atoms with Crippen molar-refractivity contribution < 1.29 is 19.4 Å². The number of carboxylic acids is 1. The quantitative estimate of drug-likeness (QED) is 0.585. The van der Waals surface area contributed by atoms with Gasteiger partial charge in [0.25, 0.3) is 0 Å². The van der Waals surface area contributed by atoms with Gasteiger partial charge < -0.3 is 10.2 Å². The Morgan fingerprint density at radius 2 is 2.15 bits per heavy atom. The molecular formula is C9H5FO3. The largest absolute Gasteiger partial charge is 0.507 e. The lowest BCUT2D eigenvalue weighted by molar-refractivity contribution is -0.130. The third-order valence-electron chi connectivity index (χ3n) is 1.29. The van der Waals surface area contributed by atoms with Gasteiger partial charge in [-0.05, 0) is 18.1 Å². The second kappa shape index (κ2) is 3.59. The summed E-state index contributed by atoms with van der Waals surface area (Å²) >= 11 is 0. The molecule has 0 aliphatic carbocycles. The van der Waals surface area contributed by atoms with Gasteiger partial charge in [-0.25, -0.2) is 9.18 Å². The van der Waals surface area contributed by atoms with Crippen LogP contribution in [-0.2, 0) is 4.79 Å². The first-order valence-electron chi connectivity index (χ1n) is 3.33. The summed E-state index contributed by atoms with van der Waals surface area (Å²) in [6, 6.07) is 3.62. The molecule has 0 aliphatic heterocycles. The van der Waals surface area contributed by atoms with Gasteiger partial charge in [0, 0.05) is 5.92 Å². The lowest BCUT2D eigenvalue weighted by Crippen LogP contribution is -1.89. The number of phenols is 1. The molecule has 3 nitrogen and oxygen atoms in total. The third kappa shape index (κ3) is 2.20. The number of rotatable bonds is 0. The van der Waals surface area contributed by atoms with Crippen molar-refractivity contribution in [2.75, 3.05) is 0 Å². The molecule has 13 heavy (non-hydrogen) atoms. The number of aliphatic carboxylic acids is 1. The minimum absolute atomic E-state index is 0.301. The summed E-state index contributed by atoms with van der Waals surface area (Å²) in [5, 5.41) is 17.2. The van der Waals surface area contributed by atoms with Gasteiger partial charge >= 0.3 is 5.97 Å². The average molecular weight is 180 g/mol. The van der Waals surface area contributed by atoms with Crippen LogP contribution in [0.2, 0.25) is 0 Å². The molecule has 0 unspecified atom stereocenters. The maximum Gasteiger partial charge on any atom is 0.382 e. The van der Waals surface area contributed by atoms with E-state index in [4.69, 9.17) is 10.2 Å². The Morgan fingerprint density at radius 1 is 1.46 bits per heavy atom. The van der Waals surface area contributed by atoms with Crippen molar-refractivity contribution in [3.8, 4) is 17.6 Å². The van der Waals surface area contributed by atoms with E-state index in [-0.39, 0.29) is 11.3 Å². The average Bonchev–Trinajstić information content (AvgIpc) is 2.03. The molecule has 4 heteroatoms. The van der Waals surface area contributed by atoms with E-state index in [1.807, 2.05) is 5.92 Å². The first kappa shape index (κ1) is 9.07. The molecule has 0 fully saturated rings. The molecule has 0 amide bonds. The summed E-state index contributed by atoms with van der Waals surface area (Å²) in [6.45, 7) is 0. The van der Waals surface area contributed by atoms with Crippen molar-refractivity contribution in [2.24, 2.45) is 0 Å². The van der Waals surface area contributed by atoms with Gasteiger partial charge in [0.2, 0.25) is 0 Å². The standard InChI is InChI=1S/C9H5FO3/c10-7-2-1-3-8(11)6(7)4-5-9(12)13/h1-3,11H,(H,12,13). The van der Waals surface area contributed by atoms with Gasteiger partial charge in [0.1, 0.15) is 17.1 Å². The topological polar surface area (TPSA) is 57.5 Å². The van der Waals surface area contributed by atoms with Crippen LogP contribution in [0.3, 0.4) is 0 Å². The molecule has 1 rings (SSSR count). The molecule has 1 aromatic carbocycles. The van der Waals surface area contributed by atoms with Crippen LogP contribution in [0.5, 0.6) is 5.75 Å². The first-order chi connectivity index (χ1) is 6.11. The summed E-state index contributed by atoms with van der Waals surface area (Å²) in [5.74, 6) is 1.23. The fraction of sp³-hybridized carbons (Fsp3) is 0. The van der Waals surface area contributed by atoms with E-state index < -0.39 is 11.8 Å². The monoisotopic (exact) mass is 180 g/mol. The number of benzene rings is 1. The molecule has 0 aromatic heterocycles. The van der Waals surface area contributed by atoms with E-state index in [1.165, 1.54) is 12.1 Å². The second-order valence-corrected chi connectivity index (χ2v) is 2.19. The predicted octanol–water partition coefficient (Wildman–Crippen LogP) is 0.967. The Balaban J connectivity index is 3.16. The third-order valence-corrected chi connectivity index (χ3v) is 1.29. The highest BCUT2D eigenvalue weighted by atomic mass is 19.1. The summed E-state index contributed by atoms with van der Waals surface area (Å²) < 4.78 is 12.8. The number of hydrogen-bond acceptors (Lipinski definition) is 2. The second-order valence-electron chi connectivity index (χ2n) is 2.19. The summed E-state index contributed by atoms with van der Waals surface area (Å²) in [6.07, 6.45) is 0. The van der Waals surface area contributed by atoms with Gasteiger partial charge in [-0.2, -0.15) is 0 Å². The highest BCUT2D eigenvalue weighted by Gasteiger charge is 2.03. The number of carboxylic acid groups (broad SMARTS) is 1. The van der Waals surface area contributed by atoms with Gasteiger partial charge in [0.05, 0.1) is 0 Å². The molecule has 0 saturated heterocycles. The normalized spacial score (nSPS) is 8.69. The first-order valence-corrected chi connectivity index (χ1v) is 3.33. The van der Waals surface area contributed by atoms with Crippen LogP contribution in [0, 0.1) is 17.7 Å². The van der Waals surface area contributed by atoms with Gasteiger partial charge in [0.15, 0.2) is 0 Å². The Morgan fingerprint density at radius 3 is 2.69 bits per heavy atom. The van der Waals surface area contributed by atoms with E-state index in [9.17, 15) is 9.18 Å². The van der Waals surface area contributed by atoms with Gasteiger partial charge in [-0.1, -0.05) is 6.07 Å². The Kier molecular flexibility index (Phi) is 2.50. The van der Waals surface area contributed by atoms with Crippen LogP contribution in [-0.4, -0.2) is 16.2 Å². The van der Waals surface area contributed by atoms with Crippen LogP contribution in [0.25, 0.3) is 0 Å². The minimum Gasteiger partial charge on any atom is -0.507 e. The molecular weight excluding hydrogens is 175 g/mol. The number of phenolic OH excluding ortho intramolecular Hbond substituents is 1. The minimum atomic E-state index is -1.37. The van der Waals surface area contributed by atoms with E-state index in [2.05, 4.69) is 0 Å². The molecule has 66 valence electrons. The van der Waals surface area contributed by atoms with E-state index >= 15 is 0 Å². The molecule has 1 aromatic rings. The Labute approximate surface area is 73.4 Å². The summed E-state index contributed by atoms with van der Waals surface area (Å²) in [7, 11) is 0. The van der Waals surface area contributed by atoms with Crippen LogP contribution in [0.4, 0.5) is 4.39 Å². The Hall–Kier alpha value is -2.02. The lowest BCUT2D eigenvalue weighted by Gasteiger charge is -1.95. The highest BCUT2D eigenvalue weighted by molar-refractivity contribution is 5.87. The van der Waals surface area contributed by atoms with E-state index in [1.54, 1.807) is 5.92 Å². The number of hydrogen-bond donors (Lipinski definition) is 2. The van der Waals surface area contributed by atoms with Crippen molar-refractivity contribution in [2.45, 2.75) is 0 Å². The molecule has 2 N–H and O–H groups in total. The Bertz CT molecular complexity index is 381. The fourth-order valence-corrected chi connectivity index (χ4v) is 0.752. The van der Waals surface area contributed by atoms with Gasteiger partial charge in [-0.15, -0.1) is 0 Å². The highest BCUT2D eigenvalue weighted by Crippen LogP contribution is 2.17. The van der Waals surface area contributed by atoms with Crippen molar-refractivity contribution >= 4 is 5.97 Å². The number of halogens is 1. The zero-order chi connectivity index (χ0) is 9.84. The zero-order valence-electron chi connectivity index (χ0n) is 6.41. The van der Waals surface area contributed by atoms with Crippen molar-refractivity contribution in [1.29, 1.82) is 0 Å². The van der Waals surface area contributed by atoms with Crippen molar-refractivity contribution in [3.63, 3.8) is 0 Å². The van der Waals surface area contributed by atoms with E-state index in [0.29, 0.717) is 0 Å². The van der Waals surface area contributed by atoms with Gasteiger partial charge in [-0.3, -0.25) is 0 Å². The predicted molar refractivity (Wildman–Crippen MR) is 42.6 cm³/mol. The molecule has 0 radical (unpaired) electrons. The maximum absolute atomic E-state index is 12.8.